The van der Waals surface area contributed by atoms with Crippen molar-refractivity contribution in [2.75, 3.05) is 5.73 Å². The normalized spacial score (nSPS) is 11.3. The minimum absolute atomic E-state index is 0.0306. The molecule has 0 saturated heterocycles. The molecule has 8 heteroatoms. The van der Waals surface area contributed by atoms with E-state index < -0.39 is 23.5 Å². The molecule has 2 N–H and O–H groups in total. The number of aromatic nitrogens is 1. The Morgan fingerprint density at radius 2 is 2.00 bits per heavy atom. The number of halogens is 3. The second-order valence-corrected chi connectivity index (χ2v) is 4.30. The molecule has 0 spiro atoms. The number of hydrogen-bond donors (Lipinski definition) is 1. The molecule has 1 aromatic carbocycles. The molecule has 0 amide bonds. The van der Waals surface area contributed by atoms with Crippen LogP contribution in [0.5, 0.6) is 5.75 Å². The van der Waals surface area contributed by atoms with Crippen molar-refractivity contribution in [3.8, 4) is 5.75 Å². The van der Waals surface area contributed by atoms with Crippen molar-refractivity contribution in [2.24, 2.45) is 0 Å². The van der Waals surface area contributed by atoms with Crippen LogP contribution < -0.4 is 10.5 Å². The van der Waals surface area contributed by atoms with E-state index in [9.17, 15) is 18.0 Å². The predicted molar refractivity (Wildman–Crippen MR) is 62.9 cm³/mol. The van der Waals surface area contributed by atoms with E-state index in [2.05, 4.69) is 4.98 Å². The summed E-state index contributed by atoms with van der Waals surface area (Å²) in [6, 6.07) is 4.45. The van der Waals surface area contributed by atoms with Gasteiger partial charge in [-0.05, 0) is 12.1 Å². The van der Waals surface area contributed by atoms with Gasteiger partial charge < -0.3 is 10.5 Å². The standard InChI is InChI=1S/C11H7F3N2O2S/c12-11(13,14)6-3-1-2-4-7(6)18-10(17)8-9(15)16-5-19-8/h1-5H,15H2. The monoisotopic (exact) mass is 288 g/mol. The summed E-state index contributed by atoms with van der Waals surface area (Å²) in [6.07, 6.45) is -4.60. The zero-order valence-electron chi connectivity index (χ0n) is 9.27. The van der Waals surface area contributed by atoms with Crippen LogP contribution in [0.3, 0.4) is 0 Å². The van der Waals surface area contributed by atoms with Crippen molar-refractivity contribution in [2.45, 2.75) is 6.18 Å². The third kappa shape index (κ3) is 2.84. The van der Waals surface area contributed by atoms with Crippen LogP contribution in [-0.4, -0.2) is 11.0 Å². The molecular weight excluding hydrogens is 281 g/mol. The average molecular weight is 288 g/mol. The molecule has 1 aromatic heterocycles. The van der Waals surface area contributed by atoms with Crippen molar-refractivity contribution >= 4 is 23.1 Å². The summed E-state index contributed by atoms with van der Waals surface area (Å²) in [4.78, 5) is 15.3. The van der Waals surface area contributed by atoms with Gasteiger partial charge in [0.1, 0.15) is 11.6 Å². The van der Waals surface area contributed by atoms with Crippen molar-refractivity contribution in [1.29, 1.82) is 0 Å². The Labute approximate surface area is 109 Å². The van der Waals surface area contributed by atoms with Crippen LogP contribution in [0.1, 0.15) is 15.2 Å². The lowest BCUT2D eigenvalue weighted by Crippen LogP contribution is -2.13. The third-order valence-corrected chi connectivity index (χ3v) is 3.00. The van der Waals surface area contributed by atoms with Crippen LogP contribution in [-0.2, 0) is 6.18 Å². The van der Waals surface area contributed by atoms with Gasteiger partial charge in [0, 0.05) is 0 Å². The SMILES string of the molecule is Nc1ncsc1C(=O)Oc1ccccc1C(F)(F)F. The van der Waals surface area contributed by atoms with Gasteiger partial charge in [0.05, 0.1) is 11.1 Å². The minimum atomic E-state index is -4.60. The van der Waals surface area contributed by atoms with Crippen LogP contribution in [0.25, 0.3) is 0 Å². The first-order chi connectivity index (χ1) is 8.89. The van der Waals surface area contributed by atoms with Crippen molar-refractivity contribution < 1.29 is 22.7 Å². The maximum absolute atomic E-state index is 12.7. The van der Waals surface area contributed by atoms with E-state index in [1.54, 1.807) is 0 Å². The molecule has 0 bridgehead atoms. The summed E-state index contributed by atoms with van der Waals surface area (Å²) in [7, 11) is 0. The lowest BCUT2D eigenvalue weighted by atomic mass is 10.2. The van der Waals surface area contributed by atoms with Gasteiger partial charge in [0.15, 0.2) is 4.88 Å². The van der Waals surface area contributed by atoms with E-state index in [4.69, 9.17) is 10.5 Å². The van der Waals surface area contributed by atoms with Crippen LogP contribution in [0, 0.1) is 0 Å². The van der Waals surface area contributed by atoms with Gasteiger partial charge >= 0.3 is 12.1 Å². The second-order valence-electron chi connectivity index (χ2n) is 3.45. The number of alkyl halides is 3. The lowest BCUT2D eigenvalue weighted by Gasteiger charge is -2.11. The van der Waals surface area contributed by atoms with Crippen LogP contribution in [0.15, 0.2) is 29.8 Å². The number of anilines is 1. The van der Waals surface area contributed by atoms with Gasteiger partial charge in [0.25, 0.3) is 0 Å². The molecular formula is C11H7F3N2O2S. The van der Waals surface area contributed by atoms with E-state index in [1.165, 1.54) is 17.6 Å². The van der Waals surface area contributed by atoms with E-state index in [-0.39, 0.29) is 10.7 Å². The second kappa shape index (κ2) is 4.88. The van der Waals surface area contributed by atoms with Gasteiger partial charge in [-0.15, -0.1) is 11.3 Å². The first kappa shape index (κ1) is 13.3. The van der Waals surface area contributed by atoms with Gasteiger partial charge in [-0.25, -0.2) is 9.78 Å². The van der Waals surface area contributed by atoms with Gasteiger partial charge in [-0.1, -0.05) is 12.1 Å². The molecule has 0 aliphatic rings. The Kier molecular flexibility index (Phi) is 3.43. The molecule has 2 aromatic rings. The Hall–Kier alpha value is -2.09. The molecule has 0 radical (unpaired) electrons. The van der Waals surface area contributed by atoms with E-state index >= 15 is 0 Å². The van der Waals surface area contributed by atoms with Crippen LogP contribution >= 0.6 is 11.3 Å². The maximum Gasteiger partial charge on any atom is 0.419 e. The molecule has 2 rings (SSSR count). The summed E-state index contributed by atoms with van der Waals surface area (Å²) in [6.45, 7) is 0. The highest BCUT2D eigenvalue weighted by Crippen LogP contribution is 2.36. The number of ether oxygens (including phenoxy) is 1. The highest BCUT2D eigenvalue weighted by molar-refractivity contribution is 7.12. The summed E-state index contributed by atoms with van der Waals surface area (Å²) < 4.78 is 42.8. The number of esters is 1. The number of thiazole rings is 1. The fourth-order valence-electron chi connectivity index (χ4n) is 1.34. The number of hydrogen-bond acceptors (Lipinski definition) is 5. The summed E-state index contributed by atoms with van der Waals surface area (Å²) in [5.74, 6) is -1.59. The molecule has 0 saturated carbocycles. The summed E-state index contributed by atoms with van der Waals surface area (Å²) in [5, 5.41) is 0. The quantitative estimate of drug-likeness (QED) is 0.681. The first-order valence-electron chi connectivity index (χ1n) is 4.97. The van der Waals surface area contributed by atoms with E-state index in [1.807, 2.05) is 0 Å². The van der Waals surface area contributed by atoms with Crippen molar-refractivity contribution in [3.63, 3.8) is 0 Å². The summed E-state index contributed by atoms with van der Waals surface area (Å²) in [5.41, 5.74) is 5.68. The molecule has 1 heterocycles. The molecule has 100 valence electrons. The predicted octanol–water partition coefficient (Wildman–Crippen LogP) is 2.96. The number of benzene rings is 1. The largest absolute Gasteiger partial charge is 0.422 e. The zero-order valence-corrected chi connectivity index (χ0v) is 10.1. The molecule has 0 aliphatic heterocycles. The fraction of sp³-hybridized carbons (Fsp3) is 0.0909. The minimum Gasteiger partial charge on any atom is -0.422 e. The summed E-state index contributed by atoms with van der Waals surface area (Å²) >= 11 is 0.898. The molecule has 4 nitrogen and oxygen atoms in total. The molecule has 0 unspecified atom stereocenters. The fourth-order valence-corrected chi connectivity index (χ4v) is 1.93. The number of carbonyl (C=O) groups is 1. The topological polar surface area (TPSA) is 65.2 Å². The Morgan fingerprint density at radius 3 is 2.58 bits per heavy atom. The molecule has 0 fully saturated rings. The number of para-hydroxylation sites is 1. The number of nitrogen functional groups attached to an aromatic ring is 1. The highest BCUT2D eigenvalue weighted by atomic mass is 32.1. The van der Waals surface area contributed by atoms with Gasteiger partial charge in [-0.2, -0.15) is 13.2 Å². The molecule has 19 heavy (non-hydrogen) atoms. The zero-order chi connectivity index (χ0) is 14.0. The van der Waals surface area contributed by atoms with Crippen LogP contribution in [0.2, 0.25) is 0 Å². The average Bonchev–Trinajstić information content (AvgIpc) is 2.75. The number of rotatable bonds is 2. The third-order valence-electron chi connectivity index (χ3n) is 2.18. The van der Waals surface area contributed by atoms with Crippen molar-refractivity contribution in [3.05, 3.63) is 40.2 Å². The number of nitrogens with two attached hydrogens (primary N) is 1. The van der Waals surface area contributed by atoms with E-state index in [0.29, 0.717) is 0 Å². The number of carbonyl (C=O) groups excluding carboxylic acids is 1. The molecule has 0 aliphatic carbocycles. The first-order valence-corrected chi connectivity index (χ1v) is 5.85. The van der Waals surface area contributed by atoms with E-state index in [0.717, 1.165) is 23.5 Å². The lowest BCUT2D eigenvalue weighted by molar-refractivity contribution is -0.138. The Balaban J connectivity index is 2.30. The highest BCUT2D eigenvalue weighted by Gasteiger charge is 2.34. The van der Waals surface area contributed by atoms with Gasteiger partial charge in [0.2, 0.25) is 0 Å². The smallest absolute Gasteiger partial charge is 0.419 e. The molecule has 0 atom stereocenters. The van der Waals surface area contributed by atoms with Crippen LogP contribution in [0.4, 0.5) is 19.0 Å². The maximum atomic E-state index is 12.7. The van der Waals surface area contributed by atoms with Crippen molar-refractivity contribution in [1.82, 2.24) is 4.98 Å². The Morgan fingerprint density at radius 1 is 1.32 bits per heavy atom. The number of nitrogens with zero attached hydrogens (tertiary/aromatic N) is 1. The Bertz CT molecular complexity index is 610. The van der Waals surface area contributed by atoms with Gasteiger partial charge in [-0.3, -0.25) is 0 Å².